The van der Waals surface area contributed by atoms with E-state index in [0.29, 0.717) is 6.04 Å². The number of piperidine rings is 1. The van der Waals surface area contributed by atoms with Crippen molar-refractivity contribution in [2.45, 2.75) is 31.7 Å². The first kappa shape index (κ1) is 24.6. The van der Waals surface area contributed by atoms with Gasteiger partial charge in [0.2, 0.25) is 0 Å². The molecule has 2 heterocycles. The van der Waals surface area contributed by atoms with Gasteiger partial charge >= 0.3 is 0 Å². The zero-order valence-corrected chi connectivity index (χ0v) is 21.2. The molecule has 6 nitrogen and oxygen atoms in total. The predicted octanol–water partition coefficient (Wildman–Crippen LogP) is 4.15. The Morgan fingerprint density at radius 2 is 1.93 bits per heavy atom. The standard InChI is InChI=1S/C22H32N4O2S.HI/c1-23-22(25-18-10-13-26(14-11-18)21-7-5-15-29-21)24-12-4-6-17-8-9-19(27-2)20(16-17)28-3;/h5,7-9,15-16,18H,4,6,10-14H2,1-3H3,(H2,23,24,25);1H. The van der Waals surface area contributed by atoms with Gasteiger partial charge in [-0.25, -0.2) is 0 Å². The Morgan fingerprint density at radius 1 is 1.17 bits per heavy atom. The van der Waals surface area contributed by atoms with Crippen LogP contribution in [0.15, 0.2) is 40.7 Å². The van der Waals surface area contributed by atoms with E-state index >= 15 is 0 Å². The lowest BCUT2D eigenvalue weighted by Crippen LogP contribution is -2.48. The molecule has 1 fully saturated rings. The largest absolute Gasteiger partial charge is 0.493 e. The van der Waals surface area contributed by atoms with E-state index in [9.17, 15) is 0 Å². The smallest absolute Gasteiger partial charge is 0.191 e. The second kappa shape index (κ2) is 12.9. The lowest BCUT2D eigenvalue weighted by Gasteiger charge is -2.33. The van der Waals surface area contributed by atoms with E-state index in [2.05, 4.69) is 44.1 Å². The average molecular weight is 545 g/mol. The molecule has 1 aromatic heterocycles. The van der Waals surface area contributed by atoms with Crippen molar-refractivity contribution in [3.05, 3.63) is 41.3 Å². The third kappa shape index (κ3) is 6.94. The highest BCUT2D eigenvalue weighted by Crippen LogP contribution is 2.28. The van der Waals surface area contributed by atoms with Crippen LogP contribution in [0.4, 0.5) is 5.00 Å². The van der Waals surface area contributed by atoms with E-state index in [1.165, 1.54) is 10.6 Å². The molecule has 1 saturated heterocycles. The van der Waals surface area contributed by atoms with Crippen molar-refractivity contribution >= 4 is 46.3 Å². The van der Waals surface area contributed by atoms with Crippen molar-refractivity contribution in [2.24, 2.45) is 4.99 Å². The summed E-state index contributed by atoms with van der Waals surface area (Å²) in [5.74, 6) is 2.44. The fraction of sp³-hybridized carbons (Fsp3) is 0.500. The Morgan fingerprint density at radius 3 is 2.57 bits per heavy atom. The molecule has 30 heavy (non-hydrogen) atoms. The van der Waals surface area contributed by atoms with E-state index in [-0.39, 0.29) is 24.0 Å². The number of halogens is 1. The van der Waals surface area contributed by atoms with Gasteiger partial charge in [-0.1, -0.05) is 6.07 Å². The van der Waals surface area contributed by atoms with Crippen molar-refractivity contribution < 1.29 is 9.47 Å². The van der Waals surface area contributed by atoms with Gasteiger partial charge in [-0.3, -0.25) is 4.99 Å². The van der Waals surface area contributed by atoms with Gasteiger partial charge in [-0.2, -0.15) is 0 Å². The molecule has 0 amide bonds. The van der Waals surface area contributed by atoms with Crippen LogP contribution in [0.25, 0.3) is 0 Å². The number of benzene rings is 1. The first-order valence-electron chi connectivity index (χ1n) is 10.2. The number of ether oxygens (including phenoxy) is 2. The van der Waals surface area contributed by atoms with Gasteiger partial charge in [0.05, 0.1) is 19.2 Å². The van der Waals surface area contributed by atoms with Crippen LogP contribution in [0.1, 0.15) is 24.8 Å². The maximum atomic E-state index is 5.38. The van der Waals surface area contributed by atoms with Gasteiger partial charge in [0.25, 0.3) is 0 Å². The highest BCUT2D eigenvalue weighted by atomic mass is 127. The molecule has 0 unspecified atom stereocenters. The molecule has 2 N–H and O–H groups in total. The Hall–Kier alpha value is -1.68. The van der Waals surface area contributed by atoms with Crippen molar-refractivity contribution in [1.82, 2.24) is 10.6 Å². The zero-order chi connectivity index (χ0) is 20.5. The first-order valence-corrected chi connectivity index (χ1v) is 11.1. The summed E-state index contributed by atoms with van der Waals surface area (Å²) in [6.45, 7) is 3.06. The number of nitrogens with one attached hydrogen (secondary N) is 2. The summed E-state index contributed by atoms with van der Waals surface area (Å²) < 4.78 is 10.7. The van der Waals surface area contributed by atoms with Crippen LogP contribution in [0.2, 0.25) is 0 Å². The molecule has 3 rings (SSSR count). The molecule has 0 radical (unpaired) electrons. The molecule has 1 aliphatic heterocycles. The molecule has 8 heteroatoms. The van der Waals surface area contributed by atoms with E-state index in [0.717, 1.165) is 62.8 Å². The minimum atomic E-state index is 0. The number of anilines is 1. The van der Waals surface area contributed by atoms with E-state index < -0.39 is 0 Å². The quantitative estimate of drug-likeness (QED) is 0.227. The fourth-order valence-corrected chi connectivity index (χ4v) is 4.40. The molecular weight excluding hydrogens is 511 g/mol. The lowest BCUT2D eigenvalue weighted by atomic mass is 10.1. The second-order valence-electron chi connectivity index (χ2n) is 7.15. The number of methoxy groups -OCH3 is 2. The summed E-state index contributed by atoms with van der Waals surface area (Å²) in [4.78, 5) is 6.87. The van der Waals surface area contributed by atoms with Crippen LogP contribution >= 0.6 is 35.3 Å². The van der Waals surface area contributed by atoms with Crippen LogP contribution in [0.5, 0.6) is 11.5 Å². The van der Waals surface area contributed by atoms with Gasteiger partial charge in [-0.15, -0.1) is 35.3 Å². The van der Waals surface area contributed by atoms with Gasteiger partial charge in [-0.05, 0) is 60.9 Å². The maximum Gasteiger partial charge on any atom is 0.191 e. The number of nitrogens with zero attached hydrogens (tertiary/aromatic N) is 2. The van der Waals surface area contributed by atoms with E-state index in [4.69, 9.17) is 9.47 Å². The van der Waals surface area contributed by atoms with Gasteiger partial charge in [0.1, 0.15) is 0 Å². The summed E-state index contributed by atoms with van der Waals surface area (Å²) in [6.07, 6.45) is 4.26. The third-order valence-electron chi connectivity index (χ3n) is 5.26. The molecule has 1 aliphatic rings. The second-order valence-corrected chi connectivity index (χ2v) is 8.07. The highest BCUT2D eigenvalue weighted by molar-refractivity contribution is 14.0. The third-order valence-corrected chi connectivity index (χ3v) is 6.19. The van der Waals surface area contributed by atoms with Gasteiger partial charge < -0.3 is 25.0 Å². The van der Waals surface area contributed by atoms with E-state index in [1.807, 2.05) is 30.5 Å². The molecule has 0 spiro atoms. The van der Waals surface area contributed by atoms with Crippen LogP contribution < -0.4 is 25.0 Å². The van der Waals surface area contributed by atoms with Gasteiger partial charge in [0.15, 0.2) is 17.5 Å². The normalized spacial score (nSPS) is 14.8. The lowest BCUT2D eigenvalue weighted by molar-refractivity contribution is 0.354. The minimum Gasteiger partial charge on any atom is -0.493 e. The summed E-state index contributed by atoms with van der Waals surface area (Å²) in [7, 11) is 5.17. The monoisotopic (exact) mass is 544 g/mol. The van der Waals surface area contributed by atoms with E-state index in [1.54, 1.807) is 14.2 Å². The molecular formula is C22H33IN4O2S. The molecule has 2 aromatic rings. The maximum absolute atomic E-state index is 5.38. The first-order chi connectivity index (χ1) is 14.2. The Balaban J connectivity index is 0.00000320. The molecule has 0 saturated carbocycles. The van der Waals surface area contributed by atoms with Crippen LogP contribution in [-0.2, 0) is 6.42 Å². The number of hydrogen-bond donors (Lipinski definition) is 2. The average Bonchev–Trinajstić information content (AvgIpc) is 3.31. The summed E-state index contributed by atoms with van der Waals surface area (Å²) in [5.41, 5.74) is 1.24. The number of thiophene rings is 1. The molecule has 1 aromatic carbocycles. The molecule has 0 atom stereocenters. The highest BCUT2D eigenvalue weighted by Gasteiger charge is 2.20. The van der Waals surface area contributed by atoms with Crippen LogP contribution in [0, 0.1) is 0 Å². The SMILES string of the molecule is CN=C(NCCCc1ccc(OC)c(OC)c1)NC1CCN(c2cccs2)CC1.I. The molecule has 0 aliphatic carbocycles. The van der Waals surface area contributed by atoms with Crippen molar-refractivity contribution in [2.75, 3.05) is 45.8 Å². The van der Waals surface area contributed by atoms with Crippen LogP contribution in [0.3, 0.4) is 0 Å². The summed E-state index contributed by atoms with van der Waals surface area (Å²) in [6, 6.07) is 10.9. The predicted molar refractivity (Wildman–Crippen MR) is 137 cm³/mol. The number of aryl methyl sites for hydroxylation is 1. The Bertz CT molecular complexity index is 777. The minimum absolute atomic E-state index is 0. The Labute approximate surface area is 201 Å². The number of rotatable bonds is 8. The number of hydrogen-bond acceptors (Lipinski definition) is 5. The number of aliphatic imine (C=N–C) groups is 1. The van der Waals surface area contributed by atoms with Crippen molar-refractivity contribution in [1.29, 1.82) is 0 Å². The summed E-state index contributed by atoms with van der Waals surface area (Å²) in [5, 5.41) is 10.6. The topological polar surface area (TPSA) is 58.1 Å². The van der Waals surface area contributed by atoms with Gasteiger partial charge in [0, 0.05) is 32.7 Å². The molecule has 166 valence electrons. The number of guanidine groups is 1. The summed E-state index contributed by atoms with van der Waals surface area (Å²) >= 11 is 1.82. The van der Waals surface area contributed by atoms with Crippen molar-refractivity contribution in [3.8, 4) is 11.5 Å². The fourth-order valence-electron chi connectivity index (χ4n) is 3.62. The van der Waals surface area contributed by atoms with Crippen molar-refractivity contribution in [3.63, 3.8) is 0 Å². The van der Waals surface area contributed by atoms with Crippen LogP contribution in [-0.4, -0.2) is 52.9 Å². The Kier molecular flexibility index (Phi) is 10.6. The molecule has 0 bridgehead atoms. The zero-order valence-electron chi connectivity index (χ0n) is 18.0.